The SMILES string of the molecule is C1=CC2C=c3c([nH]c4c3ccc3ccccc34)=CC2CC1. The Balaban J connectivity index is 1.92. The minimum Gasteiger partial charge on any atom is -0.354 e. The largest absolute Gasteiger partial charge is 0.354 e. The molecule has 1 N–H and O–H groups in total. The van der Waals surface area contributed by atoms with Crippen LogP contribution in [0.15, 0.2) is 48.6 Å². The van der Waals surface area contributed by atoms with Crippen molar-refractivity contribution in [3.63, 3.8) is 0 Å². The van der Waals surface area contributed by atoms with Gasteiger partial charge < -0.3 is 4.98 Å². The zero-order chi connectivity index (χ0) is 13.8. The van der Waals surface area contributed by atoms with Crippen molar-refractivity contribution in [3.05, 3.63) is 59.1 Å². The van der Waals surface area contributed by atoms with E-state index in [-0.39, 0.29) is 0 Å². The van der Waals surface area contributed by atoms with E-state index >= 15 is 0 Å². The second kappa shape index (κ2) is 4.11. The first-order valence-corrected chi connectivity index (χ1v) is 7.80. The topological polar surface area (TPSA) is 15.8 Å². The highest BCUT2D eigenvalue weighted by Gasteiger charge is 2.21. The first-order chi connectivity index (χ1) is 10.4. The second-order valence-corrected chi connectivity index (χ2v) is 6.24. The van der Waals surface area contributed by atoms with Gasteiger partial charge >= 0.3 is 0 Å². The fourth-order valence-electron chi connectivity index (χ4n) is 3.95. The molecule has 2 aromatic carbocycles. The van der Waals surface area contributed by atoms with E-state index in [1.165, 1.54) is 45.1 Å². The van der Waals surface area contributed by atoms with Gasteiger partial charge in [0.1, 0.15) is 0 Å². The van der Waals surface area contributed by atoms with Crippen molar-refractivity contribution in [1.82, 2.24) is 4.98 Å². The molecule has 21 heavy (non-hydrogen) atoms. The summed E-state index contributed by atoms with van der Waals surface area (Å²) < 4.78 is 0. The van der Waals surface area contributed by atoms with E-state index in [4.69, 9.17) is 0 Å². The Kier molecular flexibility index (Phi) is 2.23. The van der Waals surface area contributed by atoms with Gasteiger partial charge in [-0.05, 0) is 24.1 Å². The van der Waals surface area contributed by atoms with E-state index in [1.54, 1.807) is 0 Å². The summed E-state index contributed by atoms with van der Waals surface area (Å²) in [4.78, 5) is 3.68. The van der Waals surface area contributed by atoms with Crippen LogP contribution in [0.4, 0.5) is 0 Å². The highest BCUT2D eigenvalue weighted by molar-refractivity contribution is 6.05. The molecule has 1 aromatic heterocycles. The third-order valence-corrected chi connectivity index (χ3v) is 5.03. The van der Waals surface area contributed by atoms with E-state index in [0.717, 1.165) is 0 Å². The number of fused-ring (bicyclic) bond motifs is 6. The number of nitrogens with one attached hydrogen (secondary N) is 1. The molecular weight excluding hydrogens is 254 g/mol. The lowest BCUT2D eigenvalue weighted by molar-refractivity contribution is 0.535. The first-order valence-electron chi connectivity index (χ1n) is 7.80. The quantitative estimate of drug-likeness (QED) is 0.603. The standard InChI is InChI=1S/C20H17N/c1-2-7-15-12-19-18(11-14(15)6-1)17-10-9-13-5-3-4-8-16(13)20(17)21-19/h1,3-6,8-12,14-15,21H,2,7H2. The Morgan fingerprint density at radius 1 is 0.952 bits per heavy atom. The molecule has 0 saturated heterocycles. The molecule has 0 bridgehead atoms. The van der Waals surface area contributed by atoms with E-state index in [1.807, 2.05) is 0 Å². The van der Waals surface area contributed by atoms with E-state index in [0.29, 0.717) is 11.8 Å². The third-order valence-electron chi connectivity index (χ3n) is 5.03. The van der Waals surface area contributed by atoms with Crippen molar-refractivity contribution in [2.24, 2.45) is 11.8 Å². The van der Waals surface area contributed by atoms with Crippen molar-refractivity contribution in [2.75, 3.05) is 0 Å². The fourth-order valence-corrected chi connectivity index (χ4v) is 3.95. The van der Waals surface area contributed by atoms with Crippen LogP contribution in [-0.4, -0.2) is 4.98 Å². The van der Waals surface area contributed by atoms with E-state index in [9.17, 15) is 0 Å². The Hall–Kier alpha value is -2.28. The van der Waals surface area contributed by atoms with E-state index < -0.39 is 0 Å². The van der Waals surface area contributed by atoms with Crippen molar-refractivity contribution in [3.8, 4) is 0 Å². The van der Waals surface area contributed by atoms with Gasteiger partial charge in [0.2, 0.25) is 0 Å². The zero-order valence-corrected chi connectivity index (χ0v) is 11.8. The molecule has 3 aromatic rings. The maximum absolute atomic E-state index is 3.68. The summed E-state index contributed by atoms with van der Waals surface area (Å²) in [6, 6.07) is 13.1. The molecular formula is C20H17N. The Bertz CT molecular complexity index is 1000. The van der Waals surface area contributed by atoms with Crippen LogP contribution < -0.4 is 10.6 Å². The van der Waals surface area contributed by atoms with Crippen molar-refractivity contribution in [2.45, 2.75) is 12.8 Å². The molecule has 2 atom stereocenters. The van der Waals surface area contributed by atoms with Crippen LogP contribution in [0.25, 0.3) is 33.8 Å². The number of aromatic amines is 1. The number of hydrogen-bond donors (Lipinski definition) is 1. The lowest BCUT2D eigenvalue weighted by Gasteiger charge is -2.24. The van der Waals surface area contributed by atoms with Gasteiger partial charge in [0.25, 0.3) is 0 Å². The summed E-state index contributed by atoms with van der Waals surface area (Å²) in [5.74, 6) is 1.25. The Morgan fingerprint density at radius 3 is 2.90 bits per heavy atom. The Labute approximate surface area is 123 Å². The van der Waals surface area contributed by atoms with Gasteiger partial charge in [-0.1, -0.05) is 60.7 Å². The lowest BCUT2D eigenvalue weighted by atomic mass is 9.81. The number of rotatable bonds is 0. The normalized spacial score (nSPS) is 23.4. The number of hydrogen-bond acceptors (Lipinski definition) is 0. The minimum atomic E-state index is 0.580. The van der Waals surface area contributed by atoms with Gasteiger partial charge in [0.05, 0.1) is 5.52 Å². The van der Waals surface area contributed by atoms with Crippen LogP contribution >= 0.6 is 0 Å². The molecule has 0 spiro atoms. The molecule has 2 unspecified atom stereocenters. The number of aromatic nitrogens is 1. The van der Waals surface area contributed by atoms with Gasteiger partial charge in [-0.15, -0.1) is 0 Å². The molecule has 0 aliphatic heterocycles. The summed E-state index contributed by atoms with van der Waals surface area (Å²) in [6.45, 7) is 0. The Morgan fingerprint density at radius 2 is 1.90 bits per heavy atom. The van der Waals surface area contributed by atoms with Crippen LogP contribution in [0.3, 0.4) is 0 Å². The fraction of sp³-hybridized carbons (Fsp3) is 0.200. The monoisotopic (exact) mass is 271 g/mol. The predicted octanol–water partition coefficient (Wildman–Crippen LogP) is 3.48. The average Bonchev–Trinajstić information content (AvgIpc) is 2.90. The van der Waals surface area contributed by atoms with Crippen LogP contribution in [0.1, 0.15) is 12.8 Å². The molecule has 2 aliphatic rings. The predicted molar refractivity (Wildman–Crippen MR) is 89.3 cm³/mol. The summed E-state index contributed by atoms with van der Waals surface area (Å²) >= 11 is 0. The maximum atomic E-state index is 3.68. The van der Waals surface area contributed by atoms with Crippen molar-refractivity contribution >= 4 is 33.8 Å². The molecule has 2 aliphatic carbocycles. The van der Waals surface area contributed by atoms with Gasteiger partial charge in [-0.2, -0.15) is 0 Å². The maximum Gasteiger partial charge on any atom is 0.0544 e. The number of H-pyrrole nitrogens is 1. The van der Waals surface area contributed by atoms with Gasteiger partial charge in [0, 0.05) is 27.3 Å². The number of allylic oxidation sites excluding steroid dienone is 2. The molecule has 5 rings (SSSR count). The minimum absolute atomic E-state index is 0.580. The molecule has 1 nitrogen and oxygen atoms in total. The zero-order valence-electron chi connectivity index (χ0n) is 11.8. The average molecular weight is 271 g/mol. The molecule has 0 fully saturated rings. The molecule has 0 saturated carbocycles. The molecule has 1 heteroatoms. The first kappa shape index (κ1) is 11.4. The van der Waals surface area contributed by atoms with Crippen molar-refractivity contribution in [1.29, 1.82) is 0 Å². The molecule has 0 radical (unpaired) electrons. The molecule has 102 valence electrons. The van der Waals surface area contributed by atoms with Gasteiger partial charge in [0.15, 0.2) is 0 Å². The summed E-state index contributed by atoms with van der Waals surface area (Å²) in [5.41, 5.74) is 1.29. The van der Waals surface area contributed by atoms with Crippen LogP contribution in [0, 0.1) is 11.8 Å². The highest BCUT2D eigenvalue weighted by atomic mass is 14.7. The van der Waals surface area contributed by atoms with Crippen molar-refractivity contribution < 1.29 is 0 Å². The summed E-state index contributed by atoms with van der Waals surface area (Å²) in [5, 5.41) is 6.70. The van der Waals surface area contributed by atoms with Crippen LogP contribution in [0.2, 0.25) is 0 Å². The lowest BCUT2D eigenvalue weighted by Crippen LogP contribution is -2.32. The second-order valence-electron chi connectivity index (χ2n) is 6.24. The van der Waals surface area contributed by atoms with Gasteiger partial charge in [-0.3, -0.25) is 0 Å². The van der Waals surface area contributed by atoms with E-state index in [2.05, 4.69) is 65.7 Å². The highest BCUT2D eigenvalue weighted by Crippen LogP contribution is 2.29. The molecule has 1 heterocycles. The smallest absolute Gasteiger partial charge is 0.0544 e. The third kappa shape index (κ3) is 1.58. The summed E-state index contributed by atoms with van der Waals surface area (Å²) in [7, 11) is 0. The number of benzene rings is 2. The van der Waals surface area contributed by atoms with Gasteiger partial charge in [-0.25, -0.2) is 0 Å². The molecule has 0 amide bonds. The summed E-state index contributed by atoms with van der Waals surface area (Å²) in [6.07, 6.45) is 12.1. The van der Waals surface area contributed by atoms with Crippen LogP contribution in [0.5, 0.6) is 0 Å². The van der Waals surface area contributed by atoms with Crippen LogP contribution in [-0.2, 0) is 0 Å².